The highest BCUT2D eigenvalue weighted by Gasteiger charge is 2.27. The fourth-order valence-corrected chi connectivity index (χ4v) is 5.72. The maximum atomic E-state index is 13.9. The highest BCUT2D eigenvalue weighted by molar-refractivity contribution is 7.98. The lowest BCUT2D eigenvalue weighted by Gasteiger charge is -2.32. The van der Waals surface area contributed by atoms with Crippen molar-refractivity contribution < 1.29 is 27.9 Å². The third kappa shape index (κ3) is 10.2. The van der Waals surface area contributed by atoms with Gasteiger partial charge in [0.15, 0.2) is 0 Å². The molecule has 2 amide bonds. The predicted octanol–water partition coefficient (Wildman–Crippen LogP) is 6.35. The summed E-state index contributed by atoms with van der Waals surface area (Å²) in [5.74, 6) is -1.30. The monoisotopic (exact) mass is 662 g/mol. The number of ether oxygens (including phenoxy) is 1. The lowest BCUT2D eigenvalue weighted by Crippen LogP contribution is -2.43. The molecule has 0 radical (unpaired) electrons. The Labute approximate surface area is 278 Å². The van der Waals surface area contributed by atoms with Crippen LogP contribution in [0.1, 0.15) is 65.8 Å². The number of rotatable bonds is 15. The zero-order valence-corrected chi connectivity index (χ0v) is 27.8. The third-order valence-electron chi connectivity index (χ3n) is 7.61. The van der Waals surface area contributed by atoms with Gasteiger partial charge in [-0.15, -0.1) is 0 Å². The number of thioether (sulfide) groups is 1. The second-order valence-corrected chi connectivity index (χ2v) is 12.5. The van der Waals surface area contributed by atoms with Gasteiger partial charge in [-0.1, -0.05) is 36.4 Å². The predicted molar refractivity (Wildman–Crippen MR) is 179 cm³/mol. The number of carbonyl (C=O) groups excluding carboxylic acids is 3. The smallest absolute Gasteiger partial charge is 0.328 e. The minimum atomic E-state index is -0.855. The van der Waals surface area contributed by atoms with Crippen molar-refractivity contribution in [2.75, 3.05) is 12.0 Å². The molecule has 0 aliphatic carbocycles. The molecule has 248 valence electrons. The van der Waals surface area contributed by atoms with Gasteiger partial charge in [0.05, 0.1) is 18.5 Å². The first kappa shape index (κ1) is 35.3. The second-order valence-electron chi connectivity index (χ2n) is 11.6. The molecule has 0 aliphatic rings. The number of hydrogen-bond donors (Lipinski definition) is 1. The van der Waals surface area contributed by atoms with E-state index in [1.165, 1.54) is 31.2 Å². The van der Waals surface area contributed by atoms with Crippen molar-refractivity contribution in [3.05, 3.63) is 125 Å². The molecule has 0 spiro atoms. The summed E-state index contributed by atoms with van der Waals surface area (Å²) in [6.45, 7) is 5.49. The van der Waals surface area contributed by atoms with Gasteiger partial charge in [0, 0.05) is 38.0 Å². The Hall–Kier alpha value is -4.51. The average Bonchev–Trinajstić information content (AvgIpc) is 3.56. The molecule has 0 saturated carbocycles. The van der Waals surface area contributed by atoms with Crippen molar-refractivity contribution in [3.63, 3.8) is 0 Å². The van der Waals surface area contributed by atoms with Crippen LogP contribution in [0.4, 0.5) is 8.78 Å². The quantitative estimate of drug-likeness (QED) is 0.149. The molecular weight excluding hydrogens is 622 g/mol. The van der Waals surface area contributed by atoms with Crippen molar-refractivity contribution in [1.82, 2.24) is 19.8 Å². The topological polar surface area (TPSA) is 93.5 Å². The first-order valence-corrected chi connectivity index (χ1v) is 16.8. The molecular formula is C36H40F2N4O4S. The van der Waals surface area contributed by atoms with Crippen LogP contribution in [-0.2, 0) is 33.8 Å². The maximum Gasteiger partial charge on any atom is 0.328 e. The van der Waals surface area contributed by atoms with E-state index in [1.54, 1.807) is 79.6 Å². The Morgan fingerprint density at radius 3 is 2.23 bits per heavy atom. The van der Waals surface area contributed by atoms with Crippen molar-refractivity contribution >= 4 is 29.5 Å². The van der Waals surface area contributed by atoms with Gasteiger partial charge < -0.3 is 19.5 Å². The van der Waals surface area contributed by atoms with E-state index in [1.807, 2.05) is 23.0 Å². The molecule has 2 atom stereocenters. The molecule has 0 aliphatic heterocycles. The molecule has 11 heteroatoms. The van der Waals surface area contributed by atoms with Crippen LogP contribution in [0, 0.1) is 11.6 Å². The second kappa shape index (κ2) is 16.9. The van der Waals surface area contributed by atoms with Crippen LogP contribution in [0.25, 0.3) is 0 Å². The zero-order valence-electron chi connectivity index (χ0n) is 27.0. The van der Waals surface area contributed by atoms with Gasteiger partial charge in [-0.3, -0.25) is 9.59 Å². The van der Waals surface area contributed by atoms with E-state index in [9.17, 15) is 23.2 Å². The third-order valence-corrected chi connectivity index (χ3v) is 8.25. The van der Waals surface area contributed by atoms with E-state index >= 15 is 0 Å². The number of halogens is 2. The van der Waals surface area contributed by atoms with E-state index < -0.39 is 24.0 Å². The first-order valence-electron chi connectivity index (χ1n) is 15.4. The fraction of sp³-hybridized carbons (Fsp3) is 0.333. The Balaban J connectivity index is 1.71. The van der Waals surface area contributed by atoms with Crippen LogP contribution in [0.2, 0.25) is 0 Å². The maximum absolute atomic E-state index is 13.9. The largest absolute Gasteiger partial charge is 0.461 e. The highest BCUT2D eigenvalue weighted by atomic mass is 32.2. The zero-order chi connectivity index (χ0) is 33.9. The molecule has 4 aromatic rings. The summed E-state index contributed by atoms with van der Waals surface area (Å²) >= 11 is 1.56. The van der Waals surface area contributed by atoms with Crippen LogP contribution in [0.5, 0.6) is 0 Å². The van der Waals surface area contributed by atoms with Crippen molar-refractivity contribution in [1.29, 1.82) is 0 Å². The summed E-state index contributed by atoms with van der Waals surface area (Å²) in [7, 11) is 0. The van der Waals surface area contributed by atoms with Crippen LogP contribution in [-0.4, -0.2) is 56.4 Å². The van der Waals surface area contributed by atoms with Gasteiger partial charge in [0.2, 0.25) is 5.91 Å². The Morgan fingerprint density at radius 2 is 1.64 bits per heavy atom. The van der Waals surface area contributed by atoms with Crippen LogP contribution >= 0.6 is 11.8 Å². The minimum absolute atomic E-state index is 0.147. The summed E-state index contributed by atoms with van der Waals surface area (Å²) in [5.41, 5.74) is 3.21. The lowest BCUT2D eigenvalue weighted by atomic mass is 9.96. The van der Waals surface area contributed by atoms with Gasteiger partial charge in [-0.05, 0) is 91.3 Å². The fourth-order valence-electron chi connectivity index (χ4n) is 5.25. The summed E-state index contributed by atoms with van der Waals surface area (Å²) in [5, 5.41) is 2.88. The Bertz CT molecular complexity index is 1630. The number of amides is 2. The van der Waals surface area contributed by atoms with E-state index in [-0.39, 0.29) is 30.2 Å². The number of nitrogens with zero attached hydrogens (tertiary/aromatic N) is 3. The van der Waals surface area contributed by atoms with Crippen LogP contribution < -0.4 is 5.32 Å². The van der Waals surface area contributed by atoms with Crippen molar-refractivity contribution in [3.8, 4) is 0 Å². The molecule has 0 bridgehead atoms. The summed E-state index contributed by atoms with van der Waals surface area (Å²) in [6, 6.07) is 16.1. The summed E-state index contributed by atoms with van der Waals surface area (Å²) in [6.07, 6.45) is 7.39. The number of esters is 1. The van der Waals surface area contributed by atoms with Crippen molar-refractivity contribution in [2.24, 2.45) is 0 Å². The molecule has 47 heavy (non-hydrogen) atoms. The first-order chi connectivity index (χ1) is 22.5. The van der Waals surface area contributed by atoms with Crippen molar-refractivity contribution in [2.45, 2.75) is 64.9 Å². The minimum Gasteiger partial charge on any atom is -0.461 e. The van der Waals surface area contributed by atoms with E-state index in [0.717, 1.165) is 11.1 Å². The molecule has 3 aromatic carbocycles. The molecule has 1 heterocycles. The molecule has 1 unspecified atom stereocenters. The van der Waals surface area contributed by atoms with E-state index in [0.29, 0.717) is 41.8 Å². The van der Waals surface area contributed by atoms with Gasteiger partial charge in [0.1, 0.15) is 17.7 Å². The molecule has 1 aromatic heterocycles. The summed E-state index contributed by atoms with van der Waals surface area (Å²) in [4.78, 5) is 45.8. The standard InChI is InChI=1S/C36H40F2N4O4S/c1-24(2)46-36(45)33(15-18-47-4)40-35(44)32-20-27(5-8-29(32)19-26-6-11-30(37)12-7-26)21-42(25(3)43)34(22-41-17-16-39-23-41)28-9-13-31(38)14-10-28/h5-14,16-17,20,23-24,33-34H,15,18-19,21-22H2,1-4H3,(H,40,44)/t33-,34?/m0/s1. The lowest BCUT2D eigenvalue weighted by molar-refractivity contribution is -0.149. The van der Waals surface area contributed by atoms with Gasteiger partial charge in [-0.25, -0.2) is 18.6 Å². The van der Waals surface area contributed by atoms with Gasteiger partial charge in [0.25, 0.3) is 5.91 Å². The molecule has 8 nitrogen and oxygen atoms in total. The van der Waals surface area contributed by atoms with E-state index in [2.05, 4.69) is 10.3 Å². The molecule has 0 saturated heterocycles. The van der Waals surface area contributed by atoms with Gasteiger partial charge >= 0.3 is 5.97 Å². The Morgan fingerprint density at radius 1 is 0.979 bits per heavy atom. The van der Waals surface area contributed by atoms with Gasteiger partial charge in [-0.2, -0.15) is 11.8 Å². The number of hydrogen-bond acceptors (Lipinski definition) is 6. The molecule has 0 fully saturated rings. The number of benzene rings is 3. The number of nitrogens with one attached hydrogen (secondary N) is 1. The van der Waals surface area contributed by atoms with Crippen LogP contribution in [0.15, 0.2) is 85.5 Å². The number of aromatic nitrogens is 2. The number of carbonyl (C=O) groups is 3. The average molecular weight is 663 g/mol. The summed E-state index contributed by atoms with van der Waals surface area (Å²) < 4.78 is 34.8. The Kier molecular flexibility index (Phi) is 12.7. The van der Waals surface area contributed by atoms with E-state index in [4.69, 9.17) is 4.74 Å². The molecule has 1 N–H and O–H groups in total. The highest BCUT2D eigenvalue weighted by Crippen LogP contribution is 2.27. The normalized spacial score (nSPS) is 12.4. The number of imidazole rings is 1. The molecule has 4 rings (SSSR count). The van der Waals surface area contributed by atoms with Crippen LogP contribution in [0.3, 0.4) is 0 Å². The SMILES string of the molecule is CSCC[C@H](NC(=O)c1cc(CN(C(C)=O)C(Cn2ccnc2)c2ccc(F)cc2)ccc1Cc1ccc(F)cc1)C(=O)OC(C)C.